The maximum atomic E-state index is 12.2. The van der Waals surface area contributed by atoms with Crippen molar-refractivity contribution < 1.29 is 19.4 Å². The lowest BCUT2D eigenvalue weighted by atomic mass is 10.1. The first-order chi connectivity index (χ1) is 13.6. The number of ether oxygens (including phenoxy) is 2. The van der Waals surface area contributed by atoms with Gasteiger partial charge in [0.1, 0.15) is 17.1 Å². The third-order valence-electron chi connectivity index (χ3n) is 5.22. The molecule has 2 atom stereocenters. The quantitative estimate of drug-likeness (QED) is 0.678. The maximum Gasteiger partial charge on any atom is 0.229 e. The number of pyridine rings is 2. The molecule has 2 N–H and O–H groups in total. The fraction of sp³-hybridized carbons (Fsp3) is 0.350. The first kappa shape index (κ1) is 18.2. The van der Waals surface area contributed by atoms with Crippen molar-refractivity contribution in [1.29, 1.82) is 0 Å². The Hall–Kier alpha value is -3.13. The first-order valence-electron chi connectivity index (χ1n) is 9.02. The van der Waals surface area contributed by atoms with Gasteiger partial charge in [-0.2, -0.15) is 0 Å². The van der Waals surface area contributed by atoms with Gasteiger partial charge in [-0.3, -0.25) is 4.79 Å². The van der Waals surface area contributed by atoms with Gasteiger partial charge >= 0.3 is 0 Å². The lowest BCUT2D eigenvalue weighted by Gasteiger charge is -2.12. The topological polar surface area (TPSA) is 98.5 Å². The number of nitrogens with zero attached hydrogens (tertiary/aromatic N) is 3. The molecule has 4 rings (SSSR count). The predicted molar refractivity (Wildman–Crippen MR) is 104 cm³/mol. The van der Waals surface area contributed by atoms with Gasteiger partial charge in [0.25, 0.3) is 0 Å². The summed E-state index contributed by atoms with van der Waals surface area (Å²) >= 11 is 0. The average molecular weight is 382 g/mol. The monoisotopic (exact) mass is 382 g/mol. The molecule has 2 unspecified atom stereocenters. The maximum absolute atomic E-state index is 12.2. The molecule has 1 aliphatic rings. The molecule has 146 valence electrons. The number of aryl methyl sites for hydroxylation is 1. The molecule has 3 aromatic rings. The predicted octanol–water partition coefficient (Wildman–Crippen LogP) is 2.22. The zero-order chi connectivity index (χ0) is 19.8. The zero-order valence-corrected chi connectivity index (χ0v) is 16.0. The lowest BCUT2D eigenvalue weighted by Crippen LogP contribution is -2.16. The summed E-state index contributed by atoms with van der Waals surface area (Å²) in [5.74, 6) is 1.45. The van der Waals surface area contributed by atoms with Gasteiger partial charge in [0.2, 0.25) is 11.8 Å². The molecule has 3 heterocycles. The van der Waals surface area contributed by atoms with Crippen LogP contribution in [0.15, 0.2) is 30.6 Å². The Balaban J connectivity index is 1.71. The van der Waals surface area contributed by atoms with Crippen molar-refractivity contribution in [2.24, 2.45) is 18.9 Å². The van der Waals surface area contributed by atoms with Gasteiger partial charge in [-0.05, 0) is 30.5 Å². The van der Waals surface area contributed by atoms with Crippen LogP contribution in [0, 0.1) is 11.8 Å². The number of fused-ring (bicyclic) bond motifs is 1. The van der Waals surface area contributed by atoms with Gasteiger partial charge in [-0.25, -0.2) is 9.97 Å². The Morgan fingerprint density at radius 1 is 1.32 bits per heavy atom. The second-order valence-electron chi connectivity index (χ2n) is 6.89. The van der Waals surface area contributed by atoms with E-state index in [0.29, 0.717) is 17.4 Å². The van der Waals surface area contributed by atoms with Crippen LogP contribution in [0.2, 0.25) is 0 Å². The molecule has 1 amide bonds. The number of hydrogen-bond donors (Lipinski definition) is 2. The summed E-state index contributed by atoms with van der Waals surface area (Å²) in [6.45, 7) is 0.0430. The highest BCUT2D eigenvalue weighted by atomic mass is 16.5. The van der Waals surface area contributed by atoms with Crippen LogP contribution in [0.5, 0.6) is 11.6 Å². The third-order valence-corrected chi connectivity index (χ3v) is 5.22. The zero-order valence-electron chi connectivity index (χ0n) is 16.0. The summed E-state index contributed by atoms with van der Waals surface area (Å²) in [5.41, 5.74) is 2.52. The van der Waals surface area contributed by atoms with Crippen LogP contribution in [0.4, 0.5) is 5.82 Å². The van der Waals surface area contributed by atoms with E-state index in [9.17, 15) is 4.79 Å². The number of carbonyl (C=O) groups is 1. The summed E-state index contributed by atoms with van der Waals surface area (Å²) in [7, 11) is 5.10. The van der Waals surface area contributed by atoms with Gasteiger partial charge in [-0.1, -0.05) is 0 Å². The minimum Gasteiger partial charge on any atom is -0.496 e. The molecule has 1 fully saturated rings. The molecule has 0 bridgehead atoms. The van der Waals surface area contributed by atoms with E-state index < -0.39 is 0 Å². The van der Waals surface area contributed by atoms with E-state index in [1.54, 1.807) is 32.7 Å². The van der Waals surface area contributed by atoms with E-state index in [1.165, 1.54) is 0 Å². The Morgan fingerprint density at radius 3 is 2.82 bits per heavy atom. The highest BCUT2D eigenvalue weighted by Gasteiger charge is 2.42. The fourth-order valence-electron chi connectivity index (χ4n) is 3.52. The highest BCUT2D eigenvalue weighted by Crippen LogP contribution is 2.40. The number of anilines is 1. The van der Waals surface area contributed by atoms with E-state index in [4.69, 9.17) is 14.6 Å². The number of hydrogen-bond acceptors (Lipinski definition) is 6. The van der Waals surface area contributed by atoms with Gasteiger partial charge in [-0.15, -0.1) is 0 Å². The Labute approximate surface area is 162 Å². The number of aromatic nitrogens is 3. The number of rotatable bonds is 6. The van der Waals surface area contributed by atoms with Crippen LogP contribution in [0.25, 0.3) is 22.2 Å². The number of aliphatic hydroxyl groups is 1. The van der Waals surface area contributed by atoms with Crippen molar-refractivity contribution in [2.75, 3.05) is 26.1 Å². The molecule has 8 nitrogen and oxygen atoms in total. The van der Waals surface area contributed by atoms with E-state index >= 15 is 0 Å². The molecule has 28 heavy (non-hydrogen) atoms. The SMILES string of the molecule is COc1ccnc(OC)c1-c1cc2cc(NC(=O)C3CC3CO)ncc2n1C. The Bertz CT molecular complexity index is 1020. The third kappa shape index (κ3) is 3.05. The van der Waals surface area contributed by atoms with Gasteiger partial charge in [0.15, 0.2) is 0 Å². The largest absolute Gasteiger partial charge is 0.496 e. The Morgan fingerprint density at radius 2 is 2.14 bits per heavy atom. The summed E-state index contributed by atoms with van der Waals surface area (Å²) in [6.07, 6.45) is 4.08. The smallest absolute Gasteiger partial charge is 0.229 e. The van der Waals surface area contributed by atoms with Crippen molar-refractivity contribution in [3.05, 3.63) is 30.6 Å². The van der Waals surface area contributed by atoms with Gasteiger partial charge in [0, 0.05) is 31.2 Å². The molecule has 0 spiro atoms. The fourth-order valence-corrected chi connectivity index (χ4v) is 3.52. The van der Waals surface area contributed by atoms with E-state index in [0.717, 1.165) is 28.6 Å². The van der Waals surface area contributed by atoms with Crippen LogP contribution >= 0.6 is 0 Å². The average Bonchev–Trinajstić information content (AvgIpc) is 3.45. The summed E-state index contributed by atoms with van der Waals surface area (Å²) < 4.78 is 12.9. The summed E-state index contributed by atoms with van der Waals surface area (Å²) in [6, 6.07) is 5.61. The van der Waals surface area contributed by atoms with Crippen LogP contribution < -0.4 is 14.8 Å². The molecule has 0 radical (unpaired) electrons. The highest BCUT2D eigenvalue weighted by molar-refractivity contribution is 5.96. The molecule has 1 aliphatic carbocycles. The van der Waals surface area contributed by atoms with E-state index in [2.05, 4.69) is 15.3 Å². The van der Waals surface area contributed by atoms with Crippen molar-refractivity contribution in [2.45, 2.75) is 6.42 Å². The van der Waals surface area contributed by atoms with Crippen molar-refractivity contribution >= 4 is 22.6 Å². The van der Waals surface area contributed by atoms with Gasteiger partial charge < -0.3 is 24.5 Å². The molecular formula is C20H22N4O4. The standard InChI is InChI=1S/C20H22N4O4/c1-24-14(18-16(27-2)4-5-21-20(18)28-3)7-11-8-17(22-9-15(11)24)23-19(26)13-6-12(13)10-25/h4-5,7-9,12-13,25H,6,10H2,1-3H3,(H,22,23,26). The van der Waals surface area contributed by atoms with Crippen LogP contribution in [0.1, 0.15) is 6.42 Å². The number of methoxy groups -OCH3 is 2. The van der Waals surface area contributed by atoms with Crippen LogP contribution in [-0.2, 0) is 11.8 Å². The van der Waals surface area contributed by atoms with E-state index in [-0.39, 0.29) is 24.3 Å². The van der Waals surface area contributed by atoms with Crippen LogP contribution in [-0.4, -0.2) is 46.4 Å². The molecular weight excluding hydrogens is 360 g/mol. The van der Waals surface area contributed by atoms with Crippen molar-refractivity contribution in [3.63, 3.8) is 0 Å². The van der Waals surface area contributed by atoms with Crippen molar-refractivity contribution in [1.82, 2.24) is 14.5 Å². The summed E-state index contributed by atoms with van der Waals surface area (Å²) in [5, 5.41) is 12.9. The molecule has 3 aromatic heterocycles. The number of aliphatic hydroxyl groups excluding tert-OH is 1. The van der Waals surface area contributed by atoms with Gasteiger partial charge in [0.05, 0.1) is 31.6 Å². The molecule has 0 saturated heterocycles. The normalized spacial score (nSPS) is 18.1. The number of nitrogens with one attached hydrogen (secondary N) is 1. The molecule has 0 aromatic carbocycles. The second-order valence-corrected chi connectivity index (χ2v) is 6.89. The minimum absolute atomic E-state index is 0.0430. The Kier molecular flexibility index (Phi) is 4.64. The minimum atomic E-state index is -0.127. The molecule has 1 saturated carbocycles. The summed E-state index contributed by atoms with van der Waals surface area (Å²) in [4.78, 5) is 20.9. The van der Waals surface area contributed by atoms with Crippen molar-refractivity contribution in [3.8, 4) is 22.9 Å². The second kappa shape index (κ2) is 7.12. The van der Waals surface area contributed by atoms with E-state index in [1.807, 2.05) is 23.7 Å². The lowest BCUT2D eigenvalue weighted by molar-refractivity contribution is -0.117. The first-order valence-corrected chi connectivity index (χ1v) is 9.02. The number of carbonyl (C=O) groups excluding carboxylic acids is 1. The number of amides is 1. The molecule has 0 aliphatic heterocycles. The molecule has 8 heteroatoms. The van der Waals surface area contributed by atoms with Crippen LogP contribution in [0.3, 0.4) is 0 Å².